The van der Waals surface area contributed by atoms with Crippen molar-refractivity contribution in [1.29, 1.82) is 0 Å². The fraction of sp³-hybridized carbons (Fsp3) is 0.174. The van der Waals surface area contributed by atoms with Crippen LogP contribution in [0.25, 0.3) is 20.8 Å². The quantitative estimate of drug-likeness (QED) is 0.430. The van der Waals surface area contributed by atoms with Gasteiger partial charge in [0.1, 0.15) is 10.8 Å². The average molecular weight is 439 g/mol. The molecule has 0 saturated carbocycles. The van der Waals surface area contributed by atoms with Crippen LogP contribution in [-0.4, -0.2) is 20.5 Å². The zero-order chi connectivity index (χ0) is 21.3. The van der Waals surface area contributed by atoms with Gasteiger partial charge in [0.2, 0.25) is 10.0 Å². The summed E-state index contributed by atoms with van der Waals surface area (Å²) in [5.41, 5.74) is 5.38. The Morgan fingerprint density at radius 1 is 0.967 bits per heavy atom. The summed E-state index contributed by atoms with van der Waals surface area (Å²) in [6, 6.07) is 18.8. The molecule has 0 saturated heterocycles. The van der Waals surface area contributed by atoms with Crippen LogP contribution in [0, 0.1) is 13.8 Å². The number of ether oxygens (including phenoxy) is 1. The normalized spacial score (nSPS) is 11.6. The van der Waals surface area contributed by atoms with Gasteiger partial charge in [0.15, 0.2) is 0 Å². The van der Waals surface area contributed by atoms with Gasteiger partial charge in [-0.25, -0.2) is 13.4 Å². The molecule has 0 spiro atoms. The van der Waals surface area contributed by atoms with Crippen molar-refractivity contribution in [3.05, 3.63) is 77.4 Å². The van der Waals surface area contributed by atoms with Crippen LogP contribution in [0.2, 0.25) is 0 Å². The molecule has 0 aliphatic carbocycles. The van der Waals surface area contributed by atoms with E-state index in [1.165, 1.54) is 0 Å². The van der Waals surface area contributed by atoms with Crippen molar-refractivity contribution in [2.24, 2.45) is 0 Å². The van der Waals surface area contributed by atoms with Gasteiger partial charge < -0.3 is 4.74 Å². The van der Waals surface area contributed by atoms with E-state index in [1.54, 1.807) is 30.6 Å². The van der Waals surface area contributed by atoms with Crippen molar-refractivity contribution >= 4 is 37.3 Å². The summed E-state index contributed by atoms with van der Waals surface area (Å²) < 4.78 is 34.1. The van der Waals surface area contributed by atoms with E-state index in [9.17, 15) is 8.42 Å². The Kier molecular flexibility index (Phi) is 5.49. The molecule has 0 radical (unpaired) electrons. The number of methoxy groups -OCH3 is 1. The van der Waals surface area contributed by atoms with Crippen molar-refractivity contribution in [1.82, 2.24) is 4.98 Å². The van der Waals surface area contributed by atoms with Crippen LogP contribution >= 0.6 is 11.3 Å². The molecule has 3 aromatic carbocycles. The lowest BCUT2D eigenvalue weighted by Gasteiger charge is -2.10. The number of thiazole rings is 1. The molecule has 0 amide bonds. The van der Waals surface area contributed by atoms with Crippen LogP contribution in [-0.2, 0) is 15.8 Å². The van der Waals surface area contributed by atoms with Crippen molar-refractivity contribution in [3.8, 4) is 16.3 Å². The number of hydrogen-bond acceptors (Lipinski definition) is 5. The van der Waals surface area contributed by atoms with Gasteiger partial charge >= 0.3 is 0 Å². The zero-order valence-corrected chi connectivity index (χ0v) is 18.6. The Bertz CT molecular complexity index is 1310. The first-order valence-corrected chi connectivity index (χ1v) is 11.9. The van der Waals surface area contributed by atoms with Gasteiger partial charge in [-0.3, -0.25) is 4.72 Å². The molecule has 154 valence electrons. The van der Waals surface area contributed by atoms with E-state index in [0.717, 1.165) is 43.2 Å². The van der Waals surface area contributed by atoms with E-state index in [-0.39, 0.29) is 5.75 Å². The van der Waals surface area contributed by atoms with E-state index in [2.05, 4.69) is 9.71 Å². The number of sulfonamides is 1. The molecule has 4 rings (SSSR count). The largest absolute Gasteiger partial charge is 0.497 e. The summed E-state index contributed by atoms with van der Waals surface area (Å²) in [6.45, 7) is 3.99. The fourth-order valence-electron chi connectivity index (χ4n) is 3.16. The Morgan fingerprint density at radius 2 is 1.73 bits per heavy atom. The number of benzene rings is 3. The topological polar surface area (TPSA) is 68.3 Å². The van der Waals surface area contributed by atoms with Crippen LogP contribution in [0.3, 0.4) is 0 Å². The highest BCUT2D eigenvalue weighted by molar-refractivity contribution is 7.91. The smallest absolute Gasteiger partial charge is 0.236 e. The maximum Gasteiger partial charge on any atom is 0.236 e. The van der Waals surface area contributed by atoms with Crippen LogP contribution in [0.1, 0.15) is 16.7 Å². The van der Waals surface area contributed by atoms with Crippen molar-refractivity contribution in [2.75, 3.05) is 11.8 Å². The number of aryl methyl sites for hydroxylation is 2. The first kappa shape index (κ1) is 20.4. The highest BCUT2D eigenvalue weighted by atomic mass is 32.2. The lowest BCUT2D eigenvalue weighted by molar-refractivity contribution is 0.415. The SMILES string of the molecule is COc1ccc2nc(-c3ccc(NS(=O)(=O)Cc4ccc(C)c(C)c4)cc3)sc2c1. The van der Waals surface area contributed by atoms with Gasteiger partial charge in [0.25, 0.3) is 0 Å². The number of nitrogens with one attached hydrogen (secondary N) is 1. The molecule has 0 atom stereocenters. The molecular weight excluding hydrogens is 416 g/mol. The molecule has 1 N–H and O–H groups in total. The van der Waals surface area contributed by atoms with Crippen molar-refractivity contribution in [3.63, 3.8) is 0 Å². The third kappa shape index (κ3) is 4.47. The summed E-state index contributed by atoms with van der Waals surface area (Å²) in [5, 5.41) is 0.878. The van der Waals surface area contributed by atoms with Crippen LogP contribution < -0.4 is 9.46 Å². The molecular formula is C23H22N2O3S2. The van der Waals surface area contributed by atoms with Crippen molar-refractivity contribution in [2.45, 2.75) is 19.6 Å². The second kappa shape index (κ2) is 8.08. The Morgan fingerprint density at radius 3 is 2.43 bits per heavy atom. The molecule has 0 bridgehead atoms. The van der Waals surface area contributed by atoms with Gasteiger partial charge in [-0.15, -0.1) is 11.3 Å². The maximum absolute atomic E-state index is 12.6. The summed E-state index contributed by atoms with van der Waals surface area (Å²) >= 11 is 1.57. The van der Waals surface area contributed by atoms with Gasteiger partial charge in [-0.1, -0.05) is 18.2 Å². The lowest BCUT2D eigenvalue weighted by Crippen LogP contribution is -2.15. The number of nitrogens with zero attached hydrogens (tertiary/aromatic N) is 1. The average Bonchev–Trinajstić information content (AvgIpc) is 3.14. The number of hydrogen-bond donors (Lipinski definition) is 1. The zero-order valence-electron chi connectivity index (χ0n) is 17.0. The second-order valence-electron chi connectivity index (χ2n) is 7.21. The number of rotatable bonds is 6. The first-order chi connectivity index (χ1) is 14.3. The fourth-order valence-corrected chi connectivity index (χ4v) is 5.35. The molecule has 1 aromatic heterocycles. The predicted molar refractivity (Wildman–Crippen MR) is 124 cm³/mol. The van der Waals surface area contributed by atoms with Crippen molar-refractivity contribution < 1.29 is 13.2 Å². The minimum absolute atomic E-state index is 0.0599. The Balaban J connectivity index is 1.51. The summed E-state index contributed by atoms with van der Waals surface area (Å²) in [7, 11) is -1.86. The molecule has 7 heteroatoms. The summed E-state index contributed by atoms with van der Waals surface area (Å²) in [6.07, 6.45) is 0. The third-order valence-corrected chi connectivity index (χ3v) is 7.26. The Labute approximate surface area is 180 Å². The molecule has 4 aromatic rings. The molecule has 30 heavy (non-hydrogen) atoms. The van der Waals surface area contributed by atoms with Gasteiger partial charge in [0, 0.05) is 11.3 Å². The predicted octanol–water partition coefficient (Wildman–Crippen LogP) is 5.53. The van der Waals surface area contributed by atoms with Crippen LogP contribution in [0.4, 0.5) is 5.69 Å². The molecule has 0 unspecified atom stereocenters. The number of aromatic nitrogens is 1. The minimum Gasteiger partial charge on any atom is -0.497 e. The van der Waals surface area contributed by atoms with E-state index in [0.29, 0.717) is 5.69 Å². The van der Waals surface area contributed by atoms with Gasteiger partial charge in [0.05, 0.1) is 23.1 Å². The van der Waals surface area contributed by atoms with Gasteiger partial charge in [-0.05, 0) is 73.0 Å². The van der Waals surface area contributed by atoms with E-state index < -0.39 is 10.0 Å². The van der Waals surface area contributed by atoms with Gasteiger partial charge in [-0.2, -0.15) is 0 Å². The summed E-state index contributed by atoms with van der Waals surface area (Å²) in [4.78, 5) is 4.66. The van der Waals surface area contributed by atoms with Crippen LogP contribution in [0.5, 0.6) is 5.75 Å². The molecule has 1 heterocycles. The van der Waals surface area contributed by atoms with E-state index >= 15 is 0 Å². The molecule has 0 aliphatic heterocycles. The monoisotopic (exact) mass is 438 g/mol. The minimum atomic E-state index is -3.50. The van der Waals surface area contributed by atoms with E-state index in [4.69, 9.17) is 4.74 Å². The second-order valence-corrected chi connectivity index (χ2v) is 9.96. The highest BCUT2D eigenvalue weighted by Gasteiger charge is 2.13. The third-order valence-electron chi connectivity index (χ3n) is 4.93. The molecule has 0 aliphatic rings. The maximum atomic E-state index is 12.6. The first-order valence-electron chi connectivity index (χ1n) is 9.44. The highest BCUT2D eigenvalue weighted by Crippen LogP contribution is 2.32. The number of anilines is 1. The molecule has 0 fully saturated rings. The lowest BCUT2D eigenvalue weighted by atomic mass is 10.1. The standard InChI is InChI=1S/C23H22N2O3S2/c1-15-4-5-17(12-16(15)2)14-30(26,27)25-19-8-6-18(7-9-19)23-24-21-11-10-20(28-3)13-22(21)29-23/h4-13,25H,14H2,1-3H3. The van der Waals surface area contributed by atoms with E-state index in [1.807, 2.05) is 62.4 Å². The number of fused-ring (bicyclic) bond motifs is 1. The molecule has 5 nitrogen and oxygen atoms in total. The van der Waals surface area contributed by atoms with Crippen LogP contribution in [0.15, 0.2) is 60.7 Å². The Hall–Kier alpha value is -2.90. The summed E-state index contributed by atoms with van der Waals surface area (Å²) in [5.74, 6) is 0.737.